The van der Waals surface area contributed by atoms with E-state index in [1.54, 1.807) is 0 Å². The number of amides is 1. The Morgan fingerprint density at radius 3 is 2.07 bits per heavy atom. The minimum absolute atomic E-state index is 0.0587. The second-order valence-corrected chi connectivity index (χ2v) is 9.34. The van der Waals surface area contributed by atoms with E-state index in [-0.39, 0.29) is 28.4 Å². The van der Waals surface area contributed by atoms with E-state index in [1.807, 2.05) is 0 Å². The molecule has 0 aliphatic rings. The molecule has 1 aromatic heterocycles. The quantitative estimate of drug-likeness (QED) is 0.227. The van der Waals surface area contributed by atoms with Crippen LogP contribution in [0.2, 0.25) is 5.02 Å². The van der Waals surface area contributed by atoms with Crippen molar-refractivity contribution in [2.45, 2.75) is 24.3 Å². The SMILES string of the molecule is O=C(NC(Cc1ccccc1F)(c1cc(F)cc(C(F)(F)F)c1)c1ccc(Cl)cn1)c1ccc(F)c(C(F)(F)F)c1. The van der Waals surface area contributed by atoms with Gasteiger partial charge in [-0.2, -0.15) is 26.3 Å². The van der Waals surface area contributed by atoms with Crippen molar-refractivity contribution in [1.82, 2.24) is 10.3 Å². The molecule has 1 unspecified atom stereocenters. The Kier molecular flexibility index (Phi) is 8.08. The summed E-state index contributed by atoms with van der Waals surface area (Å²) in [5.41, 5.74) is -7.27. The molecule has 0 spiro atoms. The van der Waals surface area contributed by atoms with E-state index < -0.39 is 69.9 Å². The summed E-state index contributed by atoms with van der Waals surface area (Å²) in [6.07, 6.45) is -9.86. The molecule has 1 atom stereocenters. The van der Waals surface area contributed by atoms with Gasteiger partial charge in [-0.1, -0.05) is 29.8 Å². The highest BCUT2D eigenvalue weighted by Gasteiger charge is 2.42. The van der Waals surface area contributed by atoms with Crippen LogP contribution in [0, 0.1) is 17.5 Å². The molecule has 4 rings (SSSR count). The van der Waals surface area contributed by atoms with Gasteiger partial charge in [0.1, 0.15) is 23.0 Å². The van der Waals surface area contributed by atoms with Gasteiger partial charge < -0.3 is 5.32 Å². The van der Waals surface area contributed by atoms with Crippen LogP contribution in [0.3, 0.4) is 0 Å². The van der Waals surface area contributed by atoms with Crippen molar-refractivity contribution in [2.75, 3.05) is 0 Å². The summed E-state index contributed by atoms with van der Waals surface area (Å²) >= 11 is 5.92. The number of hydrogen-bond donors (Lipinski definition) is 1. The molecule has 0 fully saturated rings. The predicted octanol–water partition coefficient (Wildman–Crippen LogP) is 8.11. The van der Waals surface area contributed by atoms with Crippen LogP contribution in [0.4, 0.5) is 39.5 Å². The number of rotatable bonds is 6. The fourth-order valence-corrected chi connectivity index (χ4v) is 4.34. The van der Waals surface area contributed by atoms with Gasteiger partial charge in [0.25, 0.3) is 5.91 Å². The molecule has 0 bridgehead atoms. The lowest BCUT2D eigenvalue weighted by molar-refractivity contribution is -0.140. The molecule has 3 nitrogen and oxygen atoms in total. The van der Waals surface area contributed by atoms with E-state index in [4.69, 9.17) is 11.6 Å². The van der Waals surface area contributed by atoms with E-state index in [2.05, 4.69) is 10.3 Å². The number of nitrogens with zero attached hydrogens (tertiary/aromatic N) is 1. The van der Waals surface area contributed by atoms with Crippen LogP contribution in [0.5, 0.6) is 0 Å². The zero-order valence-electron chi connectivity index (χ0n) is 20.3. The highest BCUT2D eigenvalue weighted by Crippen LogP contribution is 2.39. The molecule has 0 aliphatic heterocycles. The van der Waals surface area contributed by atoms with Crippen LogP contribution in [-0.4, -0.2) is 10.9 Å². The first-order valence-corrected chi connectivity index (χ1v) is 11.9. The maximum Gasteiger partial charge on any atom is 0.419 e. The lowest BCUT2D eigenvalue weighted by atomic mass is 9.79. The molecule has 1 N–H and O–H groups in total. The lowest BCUT2D eigenvalue weighted by Crippen LogP contribution is -2.49. The second-order valence-electron chi connectivity index (χ2n) is 8.91. The van der Waals surface area contributed by atoms with Crippen LogP contribution >= 0.6 is 11.6 Å². The maximum atomic E-state index is 14.9. The van der Waals surface area contributed by atoms with Gasteiger partial charge in [-0.15, -0.1) is 0 Å². The topological polar surface area (TPSA) is 42.0 Å². The van der Waals surface area contributed by atoms with E-state index in [9.17, 15) is 44.3 Å². The van der Waals surface area contributed by atoms with Gasteiger partial charge in [-0.25, -0.2) is 13.2 Å². The first-order chi connectivity index (χ1) is 19.1. The molecule has 3 aromatic carbocycles. The van der Waals surface area contributed by atoms with Crippen molar-refractivity contribution < 1.29 is 44.3 Å². The van der Waals surface area contributed by atoms with Gasteiger partial charge >= 0.3 is 12.4 Å². The smallest absolute Gasteiger partial charge is 0.337 e. The first kappa shape index (κ1) is 29.9. The number of carbonyl (C=O) groups excluding carboxylic acids is 1. The number of hydrogen-bond acceptors (Lipinski definition) is 2. The highest BCUT2D eigenvalue weighted by molar-refractivity contribution is 6.30. The van der Waals surface area contributed by atoms with Gasteiger partial charge in [-0.3, -0.25) is 9.78 Å². The molecule has 0 aliphatic carbocycles. The highest BCUT2D eigenvalue weighted by atomic mass is 35.5. The van der Waals surface area contributed by atoms with Crippen molar-refractivity contribution in [3.05, 3.63) is 135 Å². The van der Waals surface area contributed by atoms with Crippen molar-refractivity contribution in [3.63, 3.8) is 0 Å². The van der Waals surface area contributed by atoms with Crippen molar-refractivity contribution in [3.8, 4) is 0 Å². The predicted molar refractivity (Wildman–Crippen MR) is 130 cm³/mol. The zero-order valence-corrected chi connectivity index (χ0v) is 21.1. The number of alkyl halides is 6. The number of pyridine rings is 1. The summed E-state index contributed by atoms with van der Waals surface area (Å²) in [7, 11) is 0. The first-order valence-electron chi connectivity index (χ1n) is 11.5. The van der Waals surface area contributed by atoms with Crippen LogP contribution in [0.25, 0.3) is 0 Å². The normalized spacial score (nSPS) is 13.5. The van der Waals surface area contributed by atoms with Gasteiger partial charge in [0, 0.05) is 18.2 Å². The number of carbonyl (C=O) groups is 1. The summed E-state index contributed by atoms with van der Waals surface area (Å²) in [5, 5.41) is 2.40. The van der Waals surface area contributed by atoms with Crippen molar-refractivity contribution in [1.29, 1.82) is 0 Å². The Hall–Kier alpha value is -4.06. The minimum Gasteiger partial charge on any atom is -0.337 e. The monoisotopic (exact) mass is 602 g/mol. The number of benzene rings is 3. The summed E-state index contributed by atoms with van der Waals surface area (Å²) in [4.78, 5) is 17.5. The zero-order chi connectivity index (χ0) is 30.2. The second kappa shape index (κ2) is 11.1. The Morgan fingerprint density at radius 2 is 1.46 bits per heavy atom. The Labute approximate surface area is 231 Å². The van der Waals surface area contributed by atoms with Crippen LogP contribution in [0.15, 0.2) is 79.0 Å². The van der Waals surface area contributed by atoms with E-state index in [0.717, 1.165) is 18.3 Å². The molecule has 4 aromatic rings. The Bertz CT molecular complexity index is 1590. The molecule has 0 radical (unpaired) electrons. The van der Waals surface area contributed by atoms with Crippen molar-refractivity contribution >= 4 is 17.5 Å². The molecule has 214 valence electrons. The van der Waals surface area contributed by atoms with Crippen molar-refractivity contribution in [2.24, 2.45) is 0 Å². The maximum absolute atomic E-state index is 14.9. The fraction of sp³-hybridized carbons (Fsp3) is 0.143. The average Bonchev–Trinajstić information content (AvgIpc) is 2.88. The number of nitrogens with one attached hydrogen (secondary N) is 1. The molecule has 13 heteroatoms. The molecule has 0 saturated heterocycles. The van der Waals surface area contributed by atoms with Gasteiger partial charge in [-0.05, 0) is 65.7 Å². The Balaban J connectivity index is 2.00. The van der Waals surface area contributed by atoms with Gasteiger partial charge in [0.2, 0.25) is 0 Å². The third-order valence-electron chi connectivity index (χ3n) is 6.16. The van der Waals surface area contributed by atoms with E-state index >= 15 is 0 Å². The number of aromatic nitrogens is 1. The molecular weight excluding hydrogens is 587 g/mol. The third kappa shape index (κ3) is 6.48. The third-order valence-corrected chi connectivity index (χ3v) is 6.38. The summed E-state index contributed by atoms with van der Waals surface area (Å²) in [6.45, 7) is 0. The average molecular weight is 603 g/mol. The van der Waals surface area contributed by atoms with E-state index in [1.165, 1.54) is 30.3 Å². The molecule has 1 amide bonds. The summed E-state index contributed by atoms with van der Waals surface area (Å²) in [5.74, 6) is -5.24. The fourth-order valence-electron chi connectivity index (χ4n) is 4.23. The van der Waals surface area contributed by atoms with Crippen LogP contribution in [0.1, 0.15) is 38.3 Å². The van der Waals surface area contributed by atoms with E-state index in [0.29, 0.717) is 18.2 Å². The molecule has 1 heterocycles. The molecule has 0 saturated carbocycles. The van der Waals surface area contributed by atoms with Gasteiger partial charge in [0.05, 0.1) is 21.8 Å². The standard InChI is InChI=1S/C28H16ClF9N2O/c29-19-6-8-24(39-14-19)26(13-16-3-1-2-4-22(16)31,17-10-18(27(33,34)35)12-20(30)11-17)40-25(41)15-5-7-23(32)21(9-15)28(36,37)38/h1-12,14H,13H2,(H,40,41). The minimum atomic E-state index is -5.19. The molecule has 41 heavy (non-hydrogen) atoms. The van der Waals surface area contributed by atoms with Crippen LogP contribution < -0.4 is 5.32 Å². The van der Waals surface area contributed by atoms with Gasteiger partial charge in [0.15, 0.2) is 0 Å². The lowest BCUT2D eigenvalue weighted by Gasteiger charge is -2.36. The van der Waals surface area contributed by atoms with Crippen LogP contribution in [-0.2, 0) is 24.3 Å². The number of halogens is 10. The summed E-state index contributed by atoms with van der Waals surface area (Å²) in [6, 6.07) is 10.1. The molecular formula is C28H16ClF9N2O. The Morgan fingerprint density at radius 1 is 0.780 bits per heavy atom. The summed E-state index contributed by atoms with van der Waals surface area (Å²) < 4.78 is 125. The largest absolute Gasteiger partial charge is 0.419 e.